The molecule has 1 N–H and O–H groups in total. The molecule has 0 aliphatic carbocycles. The van der Waals surface area contributed by atoms with E-state index in [0.717, 1.165) is 16.8 Å². The summed E-state index contributed by atoms with van der Waals surface area (Å²) in [6.45, 7) is 7.74. The maximum absolute atomic E-state index is 14.2. The average molecular weight is 351 g/mol. The fourth-order valence-electron chi connectivity index (χ4n) is 2.81. The summed E-state index contributed by atoms with van der Waals surface area (Å²) in [5, 5.41) is 7.45. The third-order valence-corrected chi connectivity index (χ3v) is 4.10. The first-order valence-electron chi connectivity index (χ1n) is 8.60. The maximum Gasteiger partial charge on any atom is 0.270 e. The van der Waals surface area contributed by atoms with Gasteiger partial charge in [-0.15, -0.1) is 0 Å². The van der Waals surface area contributed by atoms with E-state index in [1.165, 1.54) is 6.07 Å². The number of aromatic nitrogens is 2. The van der Waals surface area contributed by atoms with Gasteiger partial charge in [-0.2, -0.15) is 5.10 Å². The lowest BCUT2D eigenvalue weighted by Gasteiger charge is -2.12. The molecule has 2 aromatic carbocycles. The molecular weight excluding hydrogens is 329 g/mol. The highest BCUT2D eigenvalue weighted by molar-refractivity contribution is 5.94. The third-order valence-electron chi connectivity index (χ3n) is 4.10. The molecule has 1 amide bonds. The van der Waals surface area contributed by atoms with Crippen molar-refractivity contribution in [2.24, 2.45) is 0 Å². The normalized spacial score (nSPS) is 11.0. The van der Waals surface area contributed by atoms with Gasteiger partial charge in [-0.1, -0.05) is 24.3 Å². The first kappa shape index (κ1) is 17.9. The smallest absolute Gasteiger partial charge is 0.270 e. The molecule has 3 aromatic rings. The fourth-order valence-corrected chi connectivity index (χ4v) is 2.81. The Balaban J connectivity index is 2.20. The SMILES string of the molecule is Cc1ccc(C)c(-n2nc(-c3ccccc3F)cc2C(=O)NC(C)C)c1. The van der Waals surface area contributed by atoms with Crippen LogP contribution in [0.5, 0.6) is 0 Å². The summed E-state index contributed by atoms with van der Waals surface area (Å²) in [5.41, 5.74) is 4.03. The second kappa shape index (κ2) is 7.12. The molecule has 0 fully saturated rings. The van der Waals surface area contributed by atoms with Crippen LogP contribution in [-0.2, 0) is 0 Å². The standard InChI is InChI=1S/C21H22FN3O/c1-13(2)23-21(26)20-12-18(16-7-5-6-8-17(16)22)24-25(20)19-11-14(3)9-10-15(19)4/h5-13H,1-4H3,(H,23,26). The predicted molar refractivity (Wildman–Crippen MR) is 101 cm³/mol. The summed E-state index contributed by atoms with van der Waals surface area (Å²) in [5.74, 6) is -0.607. The third kappa shape index (κ3) is 3.52. The van der Waals surface area contributed by atoms with E-state index in [-0.39, 0.29) is 17.8 Å². The van der Waals surface area contributed by atoms with E-state index in [1.807, 2.05) is 45.9 Å². The van der Waals surface area contributed by atoms with E-state index in [0.29, 0.717) is 17.0 Å². The van der Waals surface area contributed by atoms with E-state index in [2.05, 4.69) is 10.4 Å². The highest BCUT2D eigenvalue weighted by Gasteiger charge is 2.20. The van der Waals surface area contributed by atoms with Gasteiger partial charge in [0.2, 0.25) is 0 Å². The summed E-state index contributed by atoms with van der Waals surface area (Å²) in [7, 11) is 0. The highest BCUT2D eigenvalue weighted by Crippen LogP contribution is 2.26. The van der Waals surface area contributed by atoms with Gasteiger partial charge in [-0.05, 0) is 63.1 Å². The van der Waals surface area contributed by atoms with E-state index in [1.54, 1.807) is 28.9 Å². The number of aryl methyl sites for hydroxylation is 2. The maximum atomic E-state index is 14.2. The van der Waals surface area contributed by atoms with Crippen molar-refractivity contribution in [1.82, 2.24) is 15.1 Å². The molecule has 5 heteroatoms. The lowest BCUT2D eigenvalue weighted by molar-refractivity contribution is 0.0935. The van der Waals surface area contributed by atoms with E-state index < -0.39 is 0 Å². The number of carbonyl (C=O) groups excluding carboxylic acids is 1. The number of rotatable bonds is 4. The Morgan fingerprint density at radius 1 is 1.12 bits per heavy atom. The molecule has 0 aliphatic rings. The molecule has 134 valence electrons. The first-order valence-corrected chi connectivity index (χ1v) is 8.60. The minimum Gasteiger partial charge on any atom is -0.349 e. The first-order chi connectivity index (χ1) is 12.4. The number of benzene rings is 2. The zero-order valence-electron chi connectivity index (χ0n) is 15.4. The van der Waals surface area contributed by atoms with Crippen LogP contribution in [0, 0.1) is 19.7 Å². The van der Waals surface area contributed by atoms with Crippen LogP contribution in [0.2, 0.25) is 0 Å². The van der Waals surface area contributed by atoms with Gasteiger partial charge in [-0.25, -0.2) is 9.07 Å². The monoisotopic (exact) mass is 351 g/mol. The van der Waals surface area contributed by atoms with Gasteiger partial charge in [0.15, 0.2) is 0 Å². The van der Waals surface area contributed by atoms with Crippen LogP contribution >= 0.6 is 0 Å². The Hall–Kier alpha value is -2.95. The Labute approximate surface area is 152 Å². The van der Waals surface area contributed by atoms with Gasteiger partial charge in [0.25, 0.3) is 5.91 Å². The Morgan fingerprint density at radius 2 is 1.85 bits per heavy atom. The second-order valence-corrected chi connectivity index (χ2v) is 6.72. The number of nitrogens with one attached hydrogen (secondary N) is 1. The van der Waals surface area contributed by atoms with Gasteiger partial charge < -0.3 is 5.32 Å². The summed E-state index contributed by atoms with van der Waals surface area (Å²) in [4.78, 5) is 12.7. The molecule has 0 saturated heterocycles. The van der Waals surface area contributed by atoms with Crippen molar-refractivity contribution in [3.8, 4) is 16.9 Å². The van der Waals surface area contributed by atoms with Gasteiger partial charge in [0.05, 0.1) is 11.4 Å². The van der Waals surface area contributed by atoms with E-state index >= 15 is 0 Å². The molecule has 0 radical (unpaired) electrons. The molecule has 1 heterocycles. The number of hydrogen-bond donors (Lipinski definition) is 1. The van der Waals surface area contributed by atoms with Crippen LogP contribution in [0.15, 0.2) is 48.5 Å². The molecule has 0 aliphatic heterocycles. The van der Waals surface area contributed by atoms with Crippen LogP contribution in [0.25, 0.3) is 16.9 Å². The van der Waals surface area contributed by atoms with Crippen molar-refractivity contribution >= 4 is 5.91 Å². The molecule has 26 heavy (non-hydrogen) atoms. The molecule has 0 bridgehead atoms. The largest absolute Gasteiger partial charge is 0.349 e. The van der Waals surface area contributed by atoms with Crippen LogP contribution < -0.4 is 5.32 Å². The van der Waals surface area contributed by atoms with Crippen LogP contribution in [0.1, 0.15) is 35.5 Å². The van der Waals surface area contributed by atoms with Crippen LogP contribution in [0.3, 0.4) is 0 Å². The van der Waals surface area contributed by atoms with Gasteiger partial charge >= 0.3 is 0 Å². The minimum atomic E-state index is -0.367. The molecule has 0 atom stereocenters. The summed E-state index contributed by atoms with van der Waals surface area (Å²) < 4.78 is 15.8. The number of halogens is 1. The molecule has 0 saturated carbocycles. The number of carbonyl (C=O) groups is 1. The molecular formula is C21H22FN3O. The quantitative estimate of drug-likeness (QED) is 0.756. The van der Waals surface area contributed by atoms with E-state index in [9.17, 15) is 9.18 Å². The molecule has 3 rings (SSSR count). The van der Waals surface area contributed by atoms with Crippen molar-refractivity contribution in [3.05, 3.63) is 71.2 Å². The van der Waals surface area contributed by atoms with Crippen molar-refractivity contribution in [2.75, 3.05) is 0 Å². The zero-order chi connectivity index (χ0) is 18.8. The van der Waals surface area contributed by atoms with Crippen molar-refractivity contribution in [2.45, 2.75) is 33.7 Å². The van der Waals surface area contributed by atoms with Crippen molar-refractivity contribution < 1.29 is 9.18 Å². The zero-order valence-corrected chi connectivity index (χ0v) is 15.4. The Morgan fingerprint density at radius 3 is 2.54 bits per heavy atom. The lowest BCUT2D eigenvalue weighted by Crippen LogP contribution is -2.31. The Bertz CT molecular complexity index is 960. The minimum absolute atomic E-state index is 0.0126. The van der Waals surface area contributed by atoms with E-state index in [4.69, 9.17) is 0 Å². The molecule has 4 nitrogen and oxygen atoms in total. The molecule has 0 spiro atoms. The highest BCUT2D eigenvalue weighted by atomic mass is 19.1. The predicted octanol–water partition coefficient (Wildman–Crippen LogP) is 4.43. The van der Waals surface area contributed by atoms with Gasteiger partial charge in [0, 0.05) is 11.6 Å². The molecule has 0 unspecified atom stereocenters. The van der Waals surface area contributed by atoms with Crippen LogP contribution in [0.4, 0.5) is 4.39 Å². The van der Waals surface area contributed by atoms with Gasteiger partial charge in [-0.3, -0.25) is 4.79 Å². The Kier molecular flexibility index (Phi) is 4.89. The number of nitrogens with zero attached hydrogens (tertiary/aromatic N) is 2. The average Bonchev–Trinajstić information content (AvgIpc) is 3.02. The summed E-state index contributed by atoms with van der Waals surface area (Å²) in [6, 6.07) is 14.0. The lowest BCUT2D eigenvalue weighted by atomic mass is 10.1. The number of amides is 1. The number of hydrogen-bond acceptors (Lipinski definition) is 2. The second-order valence-electron chi connectivity index (χ2n) is 6.72. The van der Waals surface area contributed by atoms with Crippen molar-refractivity contribution in [1.29, 1.82) is 0 Å². The topological polar surface area (TPSA) is 46.9 Å². The van der Waals surface area contributed by atoms with Gasteiger partial charge in [0.1, 0.15) is 11.5 Å². The summed E-state index contributed by atoms with van der Waals surface area (Å²) >= 11 is 0. The van der Waals surface area contributed by atoms with Crippen molar-refractivity contribution in [3.63, 3.8) is 0 Å². The molecule has 1 aromatic heterocycles. The van der Waals surface area contributed by atoms with Crippen LogP contribution in [-0.4, -0.2) is 21.7 Å². The summed E-state index contributed by atoms with van der Waals surface area (Å²) in [6.07, 6.45) is 0. The fraction of sp³-hybridized carbons (Fsp3) is 0.238.